The third kappa shape index (κ3) is 3.79. The fraction of sp³-hybridized carbons (Fsp3) is 0.364. The lowest BCUT2D eigenvalue weighted by Gasteiger charge is -2.30. The van der Waals surface area contributed by atoms with Crippen molar-refractivity contribution in [2.24, 2.45) is 0 Å². The summed E-state index contributed by atoms with van der Waals surface area (Å²) in [5.74, 6) is -0.485. The molecule has 2 aliphatic heterocycles. The number of amides is 2. The summed E-state index contributed by atoms with van der Waals surface area (Å²) in [7, 11) is -3.79. The lowest BCUT2D eigenvalue weighted by Crippen LogP contribution is -2.44. The molecule has 2 aromatic rings. The molecule has 4 rings (SSSR count). The molecule has 0 N–H and O–H groups in total. The fourth-order valence-electron chi connectivity index (χ4n) is 4.10. The number of anilines is 1. The van der Waals surface area contributed by atoms with Crippen molar-refractivity contribution in [3.8, 4) is 0 Å². The van der Waals surface area contributed by atoms with Crippen molar-refractivity contribution < 1.29 is 18.0 Å². The number of para-hydroxylation sites is 1. The normalized spacial score (nSPS) is 21.4. The maximum absolute atomic E-state index is 13.4. The third-order valence-corrected chi connectivity index (χ3v) is 7.82. The number of nitrogens with zero attached hydrogens (tertiary/aromatic N) is 2. The van der Waals surface area contributed by atoms with Gasteiger partial charge in [0.15, 0.2) is 9.84 Å². The van der Waals surface area contributed by atoms with Crippen LogP contribution in [0.2, 0.25) is 0 Å². The standard InChI is InChI=1S/C22H24N2O4S/c25-21-15-20(17-9-3-1-4-10-17)29(27,28)19-12-6-5-11-18(19)24(21)16-22(26)23-13-7-2-8-14-23/h1,3-6,9-12,20H,2,7-8,13-16H2/t20-/m1/s1. The minimum Gasteiger partial charge on any atom is -0.341 e. The molecule has 0 unspecified atom stereocenters. The Morgan fingerprint density at radius 1 is 0.931 bits per heavy atom. The summed E-state index contributed by atoms with van der Waals surface area (Å²) in [6.45, 7) is 1.24. The van der Waals surface area contributed by atoms with Crippen LogP contribution in [0.1, 0.15) is 36.5 Å². The van der Waals surface area contributed by atoms with E-state index < -0.39 is 15.1 Å². The first-order chi connectivity index (χ1) is 14.0. The number of rotatable bonds is 3. The Morgan fingerprint density at radius 3 is 2.31 bits per heavy atom. The summed E-state index contributed by atoms with van der Waals surface area (Å²) >= 11 is 0. The van der Waals surface area contributed by atoms with Gasteiger partial charge in [-0.25, -0.2) is 8.42 Å². The minimum atomic E-state index is -3.79. The number of hydrogen-bond acceptors (Lipinski definition) is 4. The molecule has 0 saturated carbocycles. The summed E-state index contributed by atoms with van der Waals surface area (Å²) in [4.78, 5) is 29.2. The van der Waals surface area contributed by atoms with Crippen LogP contribution in [0, 0.1) is 0 Å². The van der Waals surface area contributed by atoms with Crippen LogP contribution in [-0.4, -0.2) is 44.8 Å². The van der Waals surface area contributed by atoms with Crippen molar-refractivity contribution in [1.29, 1.82) is 0 Å². The quantitative estimate of drug-likeness (QED) is 0.777. The zero-order valence-corrected chi connectivity index (χ0v) is 17.0. The molecule has 152 valence electrons. The van der Waals surface area contributed by atoms with Crippen LogP contribution in [0.3, 0.4) is 0 Å². The van der Waals surface area contributed by atoms with Gasteiger partial charge in [-0.2, -0.15) is 0 Å². The molecular weight excluding hydrogens is 388 g/mol. The van der Waals surface area contributed by atoms with Gasteiger partial charge in [-0.05, 0) is 37.0 Å². The highest BCUT2D eigenvalue weighted by molar-refractivity contribution is 7.92. The SMILES string of the molecule is O=C(CN1C(=O)C[C@H](c2ccccc2)S(=O)(=O)c2ccccc21)N1CCCCC1. The maximum Gasteiger partial charge on any atom is 0.242 e. The molecule has 2 heterocycles. The van der Waals surface area contributed by atoms with Gasteiger partial charge in [0.1, 0.15) is 6.54 Å². The van der Waals surface area contributed by atoms with Gasteiger partial charge in [0.25, 0.3) is 0 Å². The van der Waals surface area contributed by atoms with Crippen molar-refractivity contribution in [2.45, 2.75) is 35.8 Å². The highest BCUT2D eigenvalue weighted by Crippen LogP contribution is 2.40. The zero-order valence-electron chi connectivity index (χ0n) is 16.2. The molecular formula is C22H24N2O4S. The van der Waals surface area contributed by atoms with E-state index in [4.69, 9.17) is 0 Å². The summed E-state index contributed by atoms with van der Waals surface area (Å²) in [5.41, 5.74) is 0.876. The molecule has 0 radical (unpaired) electrons. The van der Waals surface area contributed by atoms with Crippen LogP contribution < -0.4 is 4.90 Å². The number of carbonyl (C=O) groups is 2. The van der Waals surface area contributed by atoms with Gasteiger partial charge < -0.3 is 9.80 Å². The van der Waals surface area contributed by atoms with E-state index in [0.717, 1.165) is 19.3 Å². The predicted molar refractivity (Wildman–Crippen MR) is 110 cm³/mol. The Balaban J connectivity index is 1.73. The summed E-state index contributed by atoms with van der Waals surface area (Å²) < 4.78 is 26.9. The van der Waals surface area contributed by atoms with Gasteiger partial charge in [-0.1, -0.05) is 42.5 Å². The molecule has 1 fully saturated rings. The van der Waals surface area contributed by atoms with Crippen LogP contribution in [0.5, 0.6) is 0 Å². The molecule has 0 spiro atoms. The zero-order chi connectivity index (χ0) is 20.4. The lowest BCUT2D eigenvalue weighted by molar-refractivity contribution is -0.132. The lowest BCUT2D eigenvalue weighted by atomic mass is 10.1. The highest BCUT2D eigenvalue weighted by atomic mass is 32.2. The largest absolute Gasteiger partial charge is 0.341 e. The van der Waals surface area contributed by atoms with Crippen LogP contribution in [0.25, 0.3) is 0 Å². The van der Waals surface area contributed by atoms with E-state index in [1.807, 2.05) is 6.07 Å². The predicted octanol–water partition coefficient (Wildman–Crippen LogP) is 2.95. The van der Waals surface area contributed by atoms with E-state index in [1.54, 1.807) is 47.4 Å². The molecule has 2 aliphatic rings. The number of benzene rings is 2. The first kappa shape index (κ1) is 19.6. The van der Waals surface area contributed by atoms with E-state index in [9.17, 15) is 18.0 Å². The number of hydrogen-bond donors (Lipinski definition) is 0. The first-order valence-corrected chi connectivity index (χ1v) is 11.5. The Morgan fingerprint density at radius 2 is 1.59 bits per heavy atom. The van der Waals surface area contributed by atoms with Gasteiger partial charge >= 0.3 is 0 Å². The van der Waals surface area contributed by atoms with E-state index in [1.165, 1.54) is 11.0 Å². The van der Waals surface area contributed by atoms with E-state index in [0.29, 0.717) is 24.3 Å². The first-order valence-electron chi connectivity index (χ1n) is 9.94. The average molecular weight is 413 g/mol. The molecule has 1 atom stereocenters. The van der Waals surface area contributed by atoms with Crippen molar-refractivity contribution in [3.63, 3.8) is 0 Å². The summed E-state index contributed by atoms with van der Waals surface area (Å²) in [6.07, 6.45) is 2.84. The van der Waals surface area contributed by atoms with Crippen LogP contribution in [0.4, 0.5) is 5.69 Å². The van der Waals surface area contributed by atoms with Crippen molar-refractivity contribution in [2.75, 3.05) is 24.5 Å². The van der Waals surface area contributed by atoms with Gasteiger partial charge in [-0.3, -0.25) is 9.59 Å². The number of carbonyl (C=O) groups excluding carboxylic acids is 2. The number of piperidine rings is 1. The topological polar surface area (TPSA) is 74.8 Å². The van der Waals surface area contributed by atoms with Crippen LogP contribution in [0.15, 0.2) is 59.5 Å². The molecule has 29 heavy (non-hydrogen) atoms. The maximum atomic E-state index is 13.4. The molecule has 6 nitrogen and oxygen atoms in total. The van der Waals surface area contributed by atoms with Crippen molar-refractivity contribution in [3.05, 3.63) is 60.2 Å². The van der Waals surface area contributed by atoms with Crippen molar-refractivity contribution in [1.82, 2.24) is 4.90 Å². The molecule has 7 heteroatoms. The van der Waals surface area contributed by atoms with E-state index >= 15 is 0 Å². The second-order valence-corrected chi connectivity index (χ2v) is 9.64. The second-order valence-electron chi connectivity index (χ2n) is 7.54. The van der Waals surface area contributed by atoms with Crippen LogP contribution in [-0.2, 0) is 19.4 Å². The molecule has 0 aliphatic carbocycles. The van der Waals surface area contributed by atoms with Crippen molar-refractivity contribution >= 4 is 27.3 Å². The van der Waals surface area contributed by atoms with Gasteiger partial charge in [0, 0.05) is 19.5 Å². The monoisotopic (exact) mass is 412 g/mol. The Bertz CT molecular complexity index is 1010. The third-order valence-electron chi connectivity index (χ3n) is 5.67. The molecule has 2 amide bonds. The Hall–Kier alpha value is -2.67. The summed E-state index contributed by atoms with van der Waals surface area (Å²) in [5, 5.41) is -0.965. The van der Waals surface area contributed by atoms with Gasteiger partial charge in [0.05, 0.1) is 15.8 Å². The molecule has 2 aromatic carbocycles. The number of fused-ring (bicyclic) bond motifs is 1. The highest BCUT2D eigenvalue weighted by Gasteiger charge is 2.40. The minimum absolute atomic E-state index is 0.103. The van der Waals surface area contributed by atoms with Gasteiger partial charge in [-0.15, -0.1) is 0 Å². The number of sulfone groups is 1. The second kappa shape index (κ2) is 7.99. The van der Waals surface area contributed by atoms with E-state index in [-0.39, 0.29) is 29.7 Å². The molecule has 0 bridgehead atoms. The molecule has 1 saturated heterocycles. The van der Waals surface area contributed by atoms with E-state index in [2.05, 4.69) is 0 Å². The van der Waals surface area contributed by atoms with Crippen LogP contribution >= 0.6 is 0 Å². The van der Waals surface area contributed by atoms with Gasteiger partial charge in [0.2, 0.25) is 11.8 Å². The summed E-state index contributed by atoms with van der Waals surface area (Å²) in [6, 6.07) is 15.3. The smallest absolute Gasteiger partial charge is 0.242 e. The Labute approximate surface area is 171 Å². The molecule has 0 aromatic heterocycles. The Kier molecular flexibility index (Phi) is 5.41. The average Bonchev–Trinajstić information content (AvgIpc) is 2.83. The fourth-order valence-corrected chi connectivity index (χ4v) is 6.03. The number of likely N-dealkylation sites (tertiary alicyclic amines) is 1.